The van der Waals surface area contributed by atoms with E-state index in [0.717, 1.165) is 22.5 Å². The van der Waals surface area contributed by atoms with Crippen LogP contribution < -0.4 is 10.2 Å². The number of anilines is 2. The molecule has 2 aromatic carbocycles. The van der Waals surface area contributed by atoms with Gasteiger partial charge in [-0.3, -0.25) is 4.79 Å². The summed E-state index contributed by atoms with van der Waals surface area (Å²) in [4.78, 5) is 12.9. The molecular formula is C17H20N2O2. The first kappa shape index (κ1) is 14.9. The quantitative estimate of drug-likeness (QED) is 0.856. The van der Waals surface area contributed by atoms with Crippen LogP contribution in [0.25, 0.3) is 0 Å². The summed E-state index contributed by atoms with van der Waals surface area (Å²) >= 11 is 0. The second-order valence-corrected chi connectivity index (χ2v) is 5.14. The molecule has 0 saturated heterocycles. The summed E-state index contributed by atoms with van der Waals surface area (Å²) in [6, 6.07) is 15.7. The van der Waals surface area contributed by atoms with Crippen LogP contribution in [0.1, 0.15) is 11.1 Å². The first-order chi connectivity index (χ1) is 10.1. The summed E-state index contributed by atoms with van der Waals surface area (Å²) in [5, 5.41) is 12.3. The lowest BCUT2D eigenvalue weighted by atomic mass is 10.0. The van der Waals surface area contributed by atoms with Crippen molar-refractivity contribution in [3.63, 3.8) is 0 Å². The largest absolute Gasteiger partial charge is 0.481 e. The maximum Gasteiger partial charge on any atom is 0.307 e. The fourth-order valence-electron chi connectivity index (χ4n) is 2.16. The molecule has 0 radical (unpaired) electrons. The highest BCUT2D eigenvalue weighted by Crippen LogP contribution is 2.19. The van der Waals surface area contributed by atoms with E-state index in [1.54, 1.807) is 0 Å². The van der Waals surface area contributed by atoms with Gasteiger partial charge in [-0.25, -0.2) is 0 Å². The highest BCUT2D eigenvalue weighted by atomic mass is 16.4. The summed E-state index contributed by atoms with van der Waals surface area (Å²) in [6.45, 7) is 0.611. The number of hydrogen-bond donors (Lipinski definition) is 2. The van der Waals surface area contributed by atoms with Gasteiger partial charge in [-0.05, 0) is 29.3 Å². The number of nitrogens with zero attached hydrogens (tertiary/aromatic N) is 1. The van der Waals surface area contributed by atoms with Crippen LogP contribution in [0.3, 0.4) is 0 Å². The second-order valence-electron chi connectivity index (χ2n) is 5.14. The summed E-state index contributed by atoms with van der Waals surface area (Å²) in [5.41, 5.74) is 4.00. The predicted molar refractivity (Wildman–Crippen MR) is 85.9 cm³/mol. The molecule has 0 amide bonds. The molecule has 2 N–H and O–H groups in total. The third-order valence-electron chi connectivity index (χ3n) is 3.31. The molecule has 0 aromatic heterocycles. The zero-order valence-corrected chi connectivity index (χ0v) is 12.3. The minimum Gasteiger partial charge on any atom is -0.481 e. The Balaban J connectivity index is 2.09. The zero-order valence-electron chi connectivity index (χ0n) is 12.3. The van der Waals surface area contributed by atoms with Gasteiger partial charge in [0.25, 0.3) is 0 Å². The summed E-state index contributed by atoms with van der Waals surface area (Å²) < 4.78 is 0. The molecule has 2 aromatic rings. The highest BCUT2D eigenvalue weighted by Gasteiger charge is 2.06. The van der Waals surface area contributed by atoms with Crippen LogP contribution in [0.2, 0.25) is 0 Å². The lowest BCUT2D eigenvalue weighted by Gasteiger charge is -2.15. The van der Waals surface area contributed by atoms with Gasteiger partial charge in [-0.15, -0.1) is 0 Å². The molecule has 0 aliphatic rings. The van der Waals surface area contributed by atoms with Crippen LogP contribution in [0.5, 0.6) is 0 Å². The maximum atomic E-state index is 10.9. The van der Waals surface area contributed by atoms with E-state index in [9.17, 15) is 4.79 Å². The fraction of sp³-hybridized carbons (Fsp3) is 0.235. The van der Waals surface area contributed by atoms with Crippen molar-refractivity contribution in [1.29, 1.82) is 0 Å². The van der Waals surface area contributed by atoms with E-state index in [1.165, 1.54) is 0 Å². The molecule has 0 bridgehead atoms. The number of carbonyl (C=O) groups is 1. The lowest BCUT2D eigenvalue weighted by molar-refractivity contribution is -0.136. The molecule has 0 saturated carbocycles. The van der Waals surface area contributed by atoms with Gasteiger partial charge in [0.15, 0.2) is 0 Å². The van der Waals surface area contributed by atoms with Gasteiger partial charge in [0.1, 0.15) is 0 Å². The minimum atomic E-state index is -0.808. The number of carboxylic acid groups (broad SMARTS) is 1. The van der Waals surface area contributed by atoms with E-state index < -0.39 is 5.97 Å². The van der Waals surface area contributed by atoms with E-state index >= 15 is 0 Å². The molecular weight excluding hydrogens is 264 g/mol. The molecule has 110 valence electrons. The Hall–Kier alpha value is -2.49. The monoisotopic (exact) mass is 284 g/mol. The Bertz CT molecular complexity index is 624. The van der Waals surface area contributed by atoms with Crippen LogP contribution >= 0.6 is 0 Å². The number of hydrogen-bond acceptors (Lipinski definition) is 3. The van der Waals surface area contributed by atoms with Crippen molar-refractivity contribution >= 4 is 17.3 Å². The van der Waals surface area contributed by atoms with E-state index in [-0.39, 0.29) is 6.42 Å². The van der Waals surface area contributed by atoms with Crippen molar-refractivity contribution in [2.45, 2.75) is 13.0 Å². The third-order valence-corrected chi connectivity index (χ3v) is 3.31. The number of nitrogens with one attached hydrogen (secondary N) is 1. The van der Waals surface area contributed by atoms with Gasteiger partial charge in [0, 0.05) is 32.0 Å². The molecule has 0 aliphatic carbocycles. The zero-order chi connectivity index (χ0) is 15.2. The van der Waals surface area contributed by atoms with Gasteiger partial charge in [-0.2, -0.15) is 0 Å². The normalized spacial score (nSPS) is 10.2. The Morgan fingerprint density at radius 3 is 2.48 bits per heavy atom. The van der Waals surface area contributed by atoms with E-state index in [4.69, 9.17) is 5.11 Å². The first-order valence-corrected chi connectivity index (χ1v) is 6.86. The van der Waals surface area contributed by atoms with E-state index in [0.29, 0.717) is 6.54 Å². The topological polar surface area (TPSA) is 52.6 Å². The smallest absolute Gasteiger partial charge is 0.307 e. The second kappa shape index (κ2) is 6.79. The standard InChI is InChI=1S/C17H20N2O2/c1-19(2)16-9-5-8-15(11-16)18-12-14-7-4-3-6-13(14)10-17(20)21/h3-9,11,18H,10,12H2,1-2H3,(H,20,21). The van der Waals surface area contributed by atoms with Gasteiger partial charge in [-0.1, -0.05) is 30.3 Å². The molecule has 21 heavy (non-hydrogen) atoms. The first-order valence-electron chi connectivity index (χ1n) is 6.86. The number of benzene rings is 2. The average Bonchev–Trinajstić information content (AvgIpc) is 2.46. The third kappa shape index (κ3) is 4.24. The summed E-state index contributed by atoms with van der Waals surface area (Å²) in [5.74, 6) is -0.808. The molecule has 0 atom stereocenters. The number of aliphatic carboxylic acids is 1. The van der Waals surface area contributed by atoms with Crippen LogP contribution in [0.4, 0.5) is 11.4 Å². The summed E-state index contributed by atoms with van der Waals surface area (Å²) in [6.07, 6.45) is 0.0512. The average molecular weight is 284 g/mol. The van der Waals surface area contributed by atoms with Crippen molar-refractivity contribution in [1.82, 2.24) is 0 Å². The summed E-state index contributed by atoms with van der Waals surface area (Å²) in [7, 11) is 4.00. The predicted octanol–water partition coefficient (Wildman–Crippen LogP) is 2.99. The number of rotatable bonds is 6. The minimum absolute atomic E-state index is 0.0512. The Morgan fingerprint density at radius 2 is 1.81 bits per heavy atom. The van der Waals surface area contributed by atoms with Crippen LogP contribution in [0.15, 0.2) is 48.5 Å². The van der Waals surface area contributed by atoms with Crippen LogP contribution in [-0.4, -0.2) is 25.2 Å². The fourth-order valence-corrected chi connectivity index (χ4v) is 2.16. The van der Waals surface area contributed by atoms with Crippen molar-refractivity contribution < 1.29 is 9.90 Å². The lowest BCUT2D eigenvalue weighted by Crippen LogP contribution is -2.10. The molecule has 4 heteroatoms. The molecule has 2 rings (SSSR count). The molecule has 0 fully saturated rings. The van der Waals surface area contributed by atoms with Crippen LogP contribution in [-0.2, 0) is 17.8 Å². The van der Waals surface area contributed by atoms with Crippen molar-refractivity contribution in [2.24, 2.45) is 0 Å². The molecule has 4 nitrogen and oxygen atoms in total. The van der Waals surface area contributed by atoms with Crippen molar-refractivity contribution in [3.05, 3.63) is 59.7 Å². The molecule has 0 heterocycles. The van der Waals surface area contributed by atoms with Gasteiger partial charge in [0.05, 0.1) is 6.42 Å². The molecule has 0 unspecified atom stereocenters. The highest BCUT2D eigenvalue weighted by molar-refractivity contribution is 5.70. The Labute approximate surface area is 125 Å². The van der Waals surface area contributed by atoms with E-state index in [2.05, 4.69) is 11.4 Å². The molecule has 0 aliphatic heterocycles. The maximum absolute atomic E-state index is 10.9. The van der Waals surface area contributed by atoms with Gasteiger partial charge in [0.2, 0.25) is 0 Å². The van der Waals surface area contributed by atoms with Gasteiger partial charge < -0.3 is 15.3 Å². The number of carboxylic acids is 1. The SMILES string of the molecule is CN(C)c1cccc(NCc2ccccc2CC(=O)O)c1. The van der Waals surface area contributed by atoms with Crippen molar-refractivity contribution in [2.75, 3.05) is 24.3 Å². The van der Waals surface area contributed by atoms with Crippen molar-refractivity contribution in [3.8, 4) is 0 Å². The van der Waals surface area contributed by atoms with Gasteiger partial charge >= 0.3 is 5.97 Å². The van der Waals surface area contributed by atoms with Crippen LogP contribution in [0, 0.1) is 0 Å². The Kier molecular flexibility index (Phi) is 4.82. The van der Waals surface area contributed by atoms with E-state index in [1.807, 2.05) is 61.5 Å². The molecule has 0 spiro atoms. The Morgan fingerprint density at radius 1 is 1.10 bits per heavy atom.